The number of carbonyl (C=O) groups is 1. The zero-order valence-electron chi connectivity index (χ0n) is 15.2. The number of rotatable bonds is 6. The molecule has 1 saturated heterocycles. The fraction of sp³-hybridized carbons (Fsp3) is 0.300. The van der Waals surface area contributed by atoms with Crippen LogP contribution in [0.25, 0.3) is 6.08 Å². The first-order chi connectivity index (χ1) is 13.1. The Bertz CT molecular complexity index is 840. The molecule has 1 unspecified atom stereocenters. The van der Waals surface area contributed by atoms with E-state index in [-0.39, 0.29) is 12.0 Å². The number of hydrogen-bond donors (Lipinski definition) is 0. The molecule has 1 aliphatic heterocycles. The predicted molar refractivity (Wildman–Crippen MR) is 106 cm³/mol. The van der Waals surface area contributed by atoms with E-state index in [0.717, 1.165) is 16.5 Å². The van der Waals surface area contributed by atoms with Gasteiger partial charge in [0.25, 0.3) is 0 Å². The summed E-state index contributed by atoms with van der Waals surface area (Å²) in [6.45, 7) is 1.20. The molecule has 1 aliphatic rings. The van der Waals surface area contributed by atoms with Crippen LogP contribution in [0, 0.1) is 0 Å². The molecule has 0 aliphatic carbocycles. The molecule has 2 heterocycles. The third-order valence-corrected chi connectivity index (χ3v) is 4.89. The molecule has 6 nitrogen and oxygen atoms in total. The van der Waals surface area contributed by atoms with Crippen molar-refractivity contribution >= 4 is 27.9 Å². The van der Waals surface area contributed by atoms with E-state index in [1.807, 2.05) is 30.3 Å². The van der Waals surface area contributed by atoms with Gasteiger partial charge in [0.05, 0.1) is 25.2 Å². The van der Waals surface area contributed by atoms with Crippen LogP contribution in [-0.2, 0) is 4.79 Å². The van der Waals surface area contributed by atoms with Gasteiger partial charge in [0.15, 0.2) is 11.5 Å². The van der Waals surface area contributed by atoms with Crippen LogP contribution in [0.4, 0.5) is 0 Å². The number of likely N-dealkylation sites (tertiary alicyclic amines) is 1. The Kier molecular flexibility index (Phi) is 6.34. The van der Waals surface area contributed by atoms with Gasteiger partial charge in [-0.25, -0.2) is 4.98 Å². The molecule has 0 N–H and O–H groups in total. The van der Waals surface area contributed by atoms with Gasteiger partial charge in [-0.1, -0.05) is 6.07 Å². The standard InChI is InChI=1S/C20H21BrN2O4/c1-25-17-7-5-14(12-18(17)26-2)6-8-19(24)23-11-9-15(13-23)27-20-16(21)4-3-10-22-20/h3-8,10,12,15H,9,11,13H2,1-2H3/b8-6+. The average molecular weight is 433 g/mol. The minimum absolute atomic E-state index is 0.0454. The molecule has 0 bridgehead atoms. The lowest BCUT2D eigenvalue weighted by Crippen LogP contribution is -2.29. The Morgan fingerprint density at radius 1 is 1.26 bits per heavy atom. The number of hydrogen-bond acceptors (Lipinski definition) is 5. The lowest BCUT2D eigenvalue weighted by Gasteiger charge is -2.15. The first-order valence-corrected chi connectivity index (χ1v) is 9.36. The molecule has 0 spiro atoms. The highest BCUT2D eigenvalue weighted by Gasteiger charge is 2.27. The Hall–Kier alpha value is -2.54. The van der Waals surface area contributed by atoms with E-state index in [4.69, 9.17) is 14.2 Å². The number of benzene rings is 1. The molecule has 1 fully saturated rings. The smallest absolute Gasteiger partial charge is 0.246 e. The molecular formula is C20H21BrN2O4. The van der Waals surface area contributed by atoms with Crippen LogP contribution >= 0.6 is 15.9 Å². The van der Waals surface area contributed by atoms with E-state index < -0.39 is 0 Å². The quantitative estimate of drug-likeness (QED) is 0.653. The zero-order chi connectivity index (χ0) is 19.2. The van der Waals surface area contributed by atoms with E-state index in [1.165, 1.54) is 0 Å². The number of pyridine rings is 1. The van der Waals surface area contributed by atoms with Crippen molar-refractivity contribution in [1.82, 2.24) is 9.88 Å². The summed E-state index contributed by atoms with van der Waals surface area (Å²) >= 11 is 3.42. The van der Waals surface area contributed by atoms with Crippen LogP contribution in [0.3, 0.4) is 0 Å². The summed E-state index contributed by atoms with van der Waals surface area (Å²) in [5, 5.41) is 0. The van der Waals surface area contributed by atoms with Crippen molar-refractivity contribution in [2.45, 2.75) is 12.5 Å². The van der Waals surface area contributed by atoms with Crippen LogP contribution in [-0.4, -0.2) is 49.2 Å². The molecular weight excluding hydrogens is 412 g/mol. The number of aromatic nitrogens is 1. The van der Waals surface area contributed by atoms with Crippen LogP contribution in [0.5, 0.6) is 17.4 Å². The third kappa shape index (κ3) is 4.80. The maximum absolute atomic E-state index is 12.5. The van der Waals surface area contributed by atoms with Crippen LogP contribution in [0.1, 0.15) is 12.0 Å². The van der Waals surface area contributed by atoms with E-state index in [9.17, 15) is 4.79 Å². The fourth-order valence-corrected chi connectivity index (χ4v) is 3.22. The Labute approximate surface area is 166 Å². The lowest BCUT2D eigenvalue weighted by atomic mass is 10.2. The third-order valence-electron chi connectivity index (χ3n) is 4.29. The number of ether oxygens (including phenoxy) is 3. The van der Waals surface area contributed by atoms with Gasteiger partial charge in [0, 0.05) is 25.2 Å². The number of nitrogens with zero attached hydrogens (tertiary/aromatic N) is 2. The van der Waals surface area contributed by atoms with Gasteiger partial charge in [-0.3, -0.25) is 4.79 Å². The molecule has 0 saturated carbocycles. The minimum Gasteiger partial charge on any atom is -0.493 e. The maximum Gasteiger partial charge on any atom is 0.246 e. The van der Waals surface area contributed by atoms with Crippen molar-refractivity contribution in [2.75, 3.05) is 27.3 Å². The van der Waals surface area contributed by atoms with Crippen LogP contribution in [0.15, 0.2) is 47.1 Å². The molecule has 1 aromatic carbocycles. The second-order valence-electron chi connectivity index (χ2n) is 6.05. The predicted octanol–water partition coefficient (Wildman–Crippen LogP) is 3.55. The molecule has 3 rings (SSSR count). The van der Waals surface area contributed by atoms with Crippen molar-refractivity contribution < 1.29 is 19.0 Å². The summed E-state index contributed by atoms with van der Waals surface area (Å²) in [7, 11) is 3.17. The average Bonchev–Trinajstić information content (AvgIpc) is 3.16. The molecule has 142 valence electrons. The van der Waals surface area contributed by atoms with Crippen molar-refractivity contribution in [3.63, 3.8) is 0 Å². The summed E-state index contributed by atoms with van der Waals surface area (Å²) in [4.78, 5) is 18.4. The second kappa shape index (κ2) is 8.90. The molecule has 0 radical (unpaired) electrons. The minimum atomic E-state index is -0.0605. The summed E-state index contributed by atoms with van der Waals surface area (Å²) in [6.07, 6.45) is 5.74. The van der Waals surface area contributed by atoms with Crippen LogP contribution < -0.4 is 14.2 Å². The van der Waals surface area contributed by atoms with Gasteiger partial charge in [-0.2, -0.15) is 0 Å². The summed E-state index contributed by atoms with van der Waals surface area (Å²) in [5.74, 6) is 1.79. The maximum atomic E-state index is 12.5. The first-order valence-electron chi connectivity index (χ1n) is 8.57. The highest BCUT2D eigenvalue weighted by Crippen LogP contribution is 2.28. The number of methoxy groups -OCH3 is 2. The molecule has 27 heavy (non-hydrogen) atoms. The van der Waals surface area contributed by atoms with Crippen molar-refractivity contribution in [3.05, 3.63) is 52.6 Å². The van der Waals surface area contributed by atoms with Gasteiger partial charge in [0.2, 0.25) is 11.8 Å². The highest BCUT2D eigenvalue weighted by atomic mass is 79.9. The number of amides is 1. The SMILES string of the molecule is COc1ccc(/C=C/C(=O)N2CCC(Oc3ncccc3Br)C2)cc1OC. The zero-order valence-corrected chi connectivity index (χ0v) is 16.8. The Balaban J connectivity index is 1.59. The monoisotopic (exact) mass is 432 g/mol. The largest absolute Gasteiger partial charge is 0.493 e. The van der Waals surface area contributed by atoms with Gasteiger partial charge in [-0.15, -0.1) is 0 Å². The fourth-order valence-electron chi connectivity index (χ4n) is 2.87. The Morgan fingerprint density at radius 2 is 2.07 bits per heavy atom. The molecule has 2 aromatic rings. The summed E-state index contributed by atoms with van der Waals surface area (Å²) in [6, 6.07) is 9.23. The molecule has 1 aromatic heterocycles. The summed E-state index contributed by atoms with van der Waals surface area (Å²) < 4.78 is 17.2. The van der Waals surface area contributed by atoms with Crippen molar-refractivity contribution in [3.8, 4) is 17.4 Å². The molecule has 7 heteroatoms. The number of halogens is 1. The molecule has 1 amide bonds. The van der Waals surface area contributed by atoms with E-state index in [0.29, 0.717) is 30.5 Å². The summed E-state index contributed by atoms with van der Waals surface area (Å²) in [5.41, 5.74) is 0.866. The number of carbonyl (C=O) groups excluding carboxylic acids is 1. The van der Waals surface area contributed by atoms with E-state index in [2.05, 4.69) is 20.9 Å². The lowest BCUT2D eigenvalue weighted by molar-refractivity contribution is -0.125. The van der Waals surface area contributed by atoms with Gasteiger partial charge < -0.3 is 19.1 Å². The molecule has 1 atom stereocenters. The van der Waals surface area contributed by atoms with Gasteiger partial charge in [-0.05, 0) is 51.8 Å². The van der Waals surface area contributed by atoms with E-state index in [1.54, 1.807) is 37.5 Å². The van der Waals surface area contributed by atoms with Crippen molar-refractivity contribution in [1.29, 1.82) is 0 Å². The second-order valence-corrected chi connectivity index (χ2v) is 6.91. The van der Waals surface area contributed by atoms with E-state index >= 15 is 0 Å². The Morgan fingerprint density at radius 3 is 2.81 bits per heavy atom. The first kappa shape index (κ1) is 19.2. The van der Waals surface area contributed by atoms with Crippen LogP contribution in [0.2, 0.25) is 0 Å². The van der Waals surface area contributed by atoms with Crippen molar-refractivity contribution in [2.24, 2.45) is 0 Å². The van der Waals surface area contributed by atoms with Gasteiger partial charge >= 0.3 is 0 Å². The highest BCUT2D eigenvalue weighted by molar-refractivity contribution is 9.10. The van der Waals surface area contributed by atoms with Gasteiger partial charge in [0.1, 0.15) is 6.10 Å². The topological polar surface area (TPSA) is 60.9 Å². The normalized spacial score (nSPS) is 16.6.